The van der Waals surface area contributed by atoms with Crippen molar-refractivity contribution in [3.63, 3.8) is 0 Å². The minimum atomic E-state index is -0.480. The summed E-state index contributed by atoms with van der Waals surface area (Å²) >= 11 is 11.4. The molecule has 0 aliphatic rings. The lowest BCUT2D eigenvalue weighted by atomic mass is 10.1. The fraction of sp³-hybridized carbons (Fsp3) is 0.278. The number of non-ortho nitro benzene ring substituents is 1. The SMILES string of the molecule is COc1cccc([C@H](CNC(=S)Nc2cc([N+](=O)[O-])ccc2Cl)[NH+](C)C)c1. The van der Waals surface area contributed by atoms with Gasteiger partial charge in [0.15, 0.2) is 5.11 Å². The fourth-order valence-electron chi connectivity index (χ4n) is 2.60. The van der Waals surface area contributed by atoms with E-state index in [1.165, 1.54) is 23.1 Å². The highest BCUT2D eigenvalue weighted by atomic mass is 35.5. The second-order valence-corrected chi connectivity index (χ2v) is 6.98. The van der Waals surface area contributed by atoms with E-state index in [1.54, 1.807) is 7.11 Å². The summed E-state index contributed by atoms with van der Waals surface area (Å²) in [7, 11) is 5.75. The van der Waals surface area contributed by atoms with E-state index in [4.69, 9.17) is 28.6 Å². The van der Waals surface area contributed by atoms with Crippen molar-refractivity contribution in [3.8, 4) is 5.75 Å². The van der Waals surface area contributed by atoms with Crippen LogP contribution in [0.1, 0.15) is 11.6 Å². The molecular weight excluding hydrogens is 388 g/mol. The predicted octanol–water partition coefficient (Wildman–Crippen LogP) is 2.43. The van der Waals surface area contributed by atoms with Crippen molar-refractivity contribution in [2.24, 2.45) is 0 Å². The first-order valence-electron chi connectivity index (χ1n) is 8.24. The molecule has 7 nitrogen and oxygen atoms in total. The number of benzene rings is 2. The van der Waals surface area contributed by atoms with Gasteiger partial charge in [-0.1, -0.05) is 23.7 Å². The summed E-state index contributed by atoms with van der Waals surface area (Å²) in [5.41, 5.74) is 1.44. The van der Waals surface area contributed by atoms with E-state index in [0.717, 1.165) is 11.3 Å². The van der Waals surface area contributed by atoms with Crippen molar-refractivity contribution in [1.29, 1.82) is 0 Å². The average molecular weight is 410 g/mol. The van der Waals surface area contributed by atoms with E-state index in [2.05, 4.69) is 24.7 Å². The maximum atomic E-state index is 10.9. The van der Waals surface area contributed by atoms with Crippen LogP contribution in [-0.4, -0.2) is 37.8 Å². The summed E-state index contributed by atoms with van der Waals surface area (Å²) in [4.78, 5) is 11.7. The normalized spacial score (nSPS) is 11.7. The Morgan fingerprint density at radius 2 is 2.07 bits per heavy atom. The van der Waals surface area contributed by atoms with Crippen molar-refractivity contribution in [3.05, 3.63) is 63.2 Å². The van der Waals surface area contributed by atoms with Crippen LogP contribution < -0.4 is 20.3 Å². The Hall–Kier alpha value is -2.42. The number of nitrogens with one attached hydrogen (secondary N) is 3. The van der Waals surface area contributed by atoms with E-state index < -0.39 is 4.92 Å². The lowest BCUT2D eigenvalue weighted by Gasteiger charge is -2.23. The Balaban J connectivity index is 2.06. The molecular formula is C18H22ClN4O3S+. The second-order valence-electron chi connectivity index (χ2n) is 6.16. The Bertz CT molecular complexity index is 832. The third-order valence-electron chi connectivity index (χ3n) is 4.07. The van der Waals surface area contributed by atoms with Gasteiger partial charge in [-0.25, -0.2) is 0 Å². The van der Waals surface area contributed by atoms with Gasteiger partial charge < -0.3 is 20.3 Å². The van der Waals surface area contributed by atoms with Crippen LogP contribution in [0.25, 0.3) is 0 Å². The number of quaternary nitrogens is 1. The molecule has 2 aromatic rings. The molecule has 0 bridgehead atoms. The number of rotatable bonds is 7. The molecule has 0 saturated carbocycles. The Morgan fingerprint density at radius 3 is 2.70 bits per heavy atom. The maximum Gasteiger partial charge on any atom is 0.271 e. The molecule has 9 heteroatoms. The molecule has 0 spiro atoms. The summed E-state index contributed by atoms with van der Waals surface area (Å²) in [5.74, 6) is 0.794. The zero-order valence-electron chi connectivity index (χ0n) is 15.3. The Kier molecular flexibility index (Phi) is 7.35. The standard InChI is InChI=1S/C18H21ClN4O3S/c1-22(2)17(12-5-4-6-14(9-12)26-3)11-20-18(27)21-16-10-13(23(24)25)7-8-15(16)19/h4-10,17H,11H2,1-3H3,(H2,20,21,27)/p+1/t17-/m0/s1. The molecule has 0 heterocycles. The first kappa shape index (κ1) is 20.9. The summed E-state index contributed by atoms with van der Waals surface area (Å²) in [6, 6.07) is 12.2. The molecule has 0 aliphatic heterocycles. The van der Waals surface area contributed by atoms with Gasteiger partial charge in [-0.05, 0) is 30.4 Å². The van der Waals surface area contributed by atoms with E-state index in [-0.39, 0.29) is 11.7 Å². The van der Waals surface area contributed by atoms with E-state index in [0.29, 0.717) is 22.4 Å². The van der Waals surface area contributed by atoms with Gasteiger partial charge in [-0.2, -0.15) is 0 Å². The minimum Gasteiger partial charge on any atom is -0.497 e. The number of thiocarbonyl (C=S) groups is 1. The zero-order valence-corrected chi connectivity index (χ0v) is 16.9. The third kappa shape index (κ3) is 5.78. The summed E-state index contributed by atoms with van der Waals surface area (Å²) in [6.45, 7) is 0.563. The van der Waals surface area contributed by atoms with Gasteiger partial charge in [0.05, 0.1) is 43.4 Å². The van der Waals surface area contributed by atoms with Crippen molar-refractivity contribution >= 4 is 40.3 Å². The maximum absolute atomic E-state index is 10.9. The van der Waals surface area contributed by atoms with Gasteiger partial charge in [-0.3, -0.25) is 10.1 Å². The summed E-state index contributed by atoms with van der Waals surface area (Å²) in [5, 5.41) is 17.7. The summed E-state index contributed by atoms with van der Waals surface area (Å²) in [6.07, 6.45) is 0. The van der Waals surface area contributed by atoms with Gasteiger partial charge in [0.1, 0.15) is 11.8 Å². The number of likely N-dealkylation sites (N-methyl/N-ethyl adjacent to an activating group) is 1. The lowest BCUT2D eigenvalue weighted by Crippen LogP contribution is -3.07. The van der Waals surface area contributed by atoms with E-state index >= 15 is 0 Å². The number of methoxy groups -OCH3 is 1. The van der Waals surface area contributed by atoms with E-state index in [1.807, 2.05) is 24.3 Å². The number of anilines is 1. The molecule has 0 aliphatic carbocycles. The monoisotopic (exact) mass is 409 g/mol. The average Bonchev–Trinajstić information content (AvgIpc) is 2.63. The summed E-state index contributed by atoms with van der Waals surface area (Å²) < 4.78 is 5.30. The molecule has 2 rings (SSSR count). The van der Waals surface area contributed by atoms with Crippen LogP contribution in [0.4, 0.5) is 11.4 Å². The minimum absolute atomic E-state index is 0.0586. The fourth-order valence-corrected chi connectivity index (χ4v) is 2.96. The molecule has 0 aromatic heterocycles. The highest BCUT2D eigenvalue weighted by molar-refractivity contribution is 7.80. The van der Waals surface area contributed by atoms with Gasteiger partial charge >= 0.3 is 0 Å². The molecule has 0 saturated heterocycles. The van der Waals surface area contributed by atoms with Crippen molar-refractivity contribution in [1.82, 2.24) is 5.32 Å². The molecule has 0 fully saturated rings. The van der Waals surface area contributed by atoms with Crippen molar-refractivity contribution < 1.29 is 14.6 Å². The molecule has 0 unspecified atom stereocenters. The van der Waals surface area contributed by atoms with Crippen LogP contribution in [0.15, 0.2) is 42.5 Å². The predicted molar refractivity (Wildman–Crippen MR) is 111 cm³/mol. The number of halogens is 1. The number of nitro groups is 1. The molecule has 3 N–H and O–H groups in total. The number of nitro benzene ring substituents is 1. The largest absolute Gasteiger partial charge is 0.497 e. The molecule has 0 amide bonds. The van der Waals surface area contributed by atoms with Gasteiger partial charge in [-0.15, -0.1) is 0 Å². The molecule has 2 aromatic carbocycles. The quantitative estimate of drug-likeness (QED) is 0.370. The number of ether oxygens (including phenoxy) is 1. The van der Waals surface area contributed by atoms with Gasteiger partial charge in [0.2, 0.25) is 0 Å². The Morgan fingerprint density at radius 1 is 1.33 bits per heavy atom. The molecule has 1 atom stereocenters. The van der Waals surface area contributed by atoms with Crippen LogP contribution in [0.3, 0.4) is 0 Å². The van der Waals surface area contributed by atoms with Crippen molar-refractivity contribution in [2.75, 3.05) is 33.1 Å². The smallest absolute Gasteiger partial charge is 0.271 e. The van der Waals surface area contributed by atoms with Crippen molar-refractivity contribution in [2.45, 2.75) is 6.04 Å². The number of nitrogens with zero attached hydrogens (tertiary/aromatic N) is 1. The van der Waals surface area contributed by atoms with Crippen LogP contribution in [0.2, 0.25) is 5.02 Å². The first-order valence-corrected chi connectivity index (χ1v) is 9.03. The lowest BCUT2D eigenvalue weighted by molar-refractivity contribution is -0.890. The first-order chi connectivity index (χ1) is 12.8. The second kappa shape index (κ2) is 9.50. The zero-order chi connectivity index (χ0) is 20.0. The van der Waals surface area contributed by atoms with Crippen LogP contribution in [0, 0.1) is 10.1 Å². The molecule has 0 radical (unpaired) electrons. The van der Waals surface area contributed by atoms with Gasteiger partial charge in [0.25, 0.3) is 5.69 Å². The van der Waals surface area contributed by atoms with Crippen LogP contribution in [-0.2, 0) is 0 Å². The third-order valence-corrected chi connectivity index (χ3v) is 4.64. The Labute approximate surface area is 168 Å². The highest BCUT2D eigenvalue weighted by Gasteiger charge is 2.19. The van der Waals surface area contributed by atoms with Crippen LogP contribution in [0.5, 0.6) is 5.75 Å². The van der Waals surface area contributed by atoms with Crippen LogP contribution >= 0.6 is 23.8 Å². The number of hydrogen-bond acceptors (Lipinski definition) is 4. The topological polar surface area (TPSA) is 80.9 Å². The van der Waals surface area contributed by atoms with Gasteiger partial charge in [0, 0.05) is 17.7 Å². The van der Waals surface area contributed by atoms with E-state index in [9.17, 15) is 10.1 Å². The highest BCUT2D eigenvalue weighted by Crippen LogP contribution is 2.26. The molecule has 27 heavy (non-hydrogen) atoms. The molecule has 144 valence electrons. The number of hydrogen-bond donors (Lipinski definition) is 3.